The van der Waals surface area contributed by atoms with E-state index < -0.39 is 17.8 Å². The number of ketones is 1. The van der Waals surface area contributed by atoms with Crippen LogP contribution in [0.5, 0.6) is 0 Å². The molecule has 0 aromatic carbocycles. The number of esters is 1. The van der Waals surface area contributed by atoms with Crippen LogP contribution < -0.4 is 0 Å². The molecule has 0 saturated carbocycles. The molecule has 0 radical (unpaired) electrons. The van der Waals surface area contributed by atoms with Crippen LogP contribution in [0.3, 0.4) is 0 Å². The summed E-state index contributed by atoms with van der Waals surface area (Å²) in [6.45, 7) is 3.13. The molecule has 0 aliphatic rings. The summed E-state index contributed by atoms with van der Waals surface area (Å²) in [5.74, 6) is -1.08. The average Bonchev–Trinajstić information content (AvgIpc) is 2.30. The second kappa shape index (κ2) is 6.47. The SMILES string of the molecule is CCOC(=O)C(N=Nc1ccncc1)C(C)=O. The van der Waals surface area contributed by atoms with Crippen LogP contribution in [-0.2, 0) is 14.3 Å². The third kappa shape index (κ3) is 4.10. The molecule has 1 unspecified atom stereocenters. The van der Waals surface area contributed by atoms with E-state index in [-0.39, 0.29) is 6.61 Å². The van der Waals surface area contributed by atoms with Crippen molar-refractivity contribution < 1.29 is 14.3 Å². The molecule has 0 aliphatic carbocycles. The Labute approximate surface area is 98.7 Å². The Morgan fingerprint density at radius 1 is 1.41 bits per heavy atom. The van der Waals surface area contributed by atoms with E-state index in [0.29, 0.717) is 5.69 Å². The van der Waals surface area contributed by atoms with Crippen LogP contribution in [0.1, 0.15) is 13.8 Å². The lowest BCUT2D eigenvalue weighted by atomic mass is 10.2. The van der Waals surface area contributed by atoms with Gasteiger partial charge in [0.05, 0.1) is 12.3 Å². The highest BCUT2D eigenvalue weighted by molar-refractivity contribution is 6.02. The van der Waals surface area contributed by atoms with E-state index in [0.717, 1.165) is 0 Å². The molecule has 1 atom stereocenters. The largest absolute Gasteiger partial charge is 0.464 e. The fourth-order valence-electron chi connectivity index (χ4n) is 1.05. The van der Waals surface area contributed by atoms with Crippen molar-refractivity contribution in [2.75, 3.05) is 6.61 Å². The van der Waals surface area contributed by atoms with Crippen LogP contribution in [0, 0.1) is 0 Å². The van der Waals surface area contributed by atoms with E-state index in [2.05, 4.69) is 15.2 Å². The molecule has 17 heavy (non-hydrogen) atoms. The molecule has 1 aromatic heterocycles. The van der Waals surface area contributed by atoms with Crippen molar-refractivity contribution in [3.05, 3.63) is 24.5 Å². The minimum Gasteiger partial charge on any atom is -0.464 e. The molecule has 0 aliphatic heterocycles. The zero-order chi connectivity index (χ0) is 12.7. The Morgan fingerprint density at radius 2 is 2.06 bits per heavy atom. The first kappa shape index (κ1) is 13.0. The number of hydrogen-bond acceptors (Lipinski definition) is 6. The molecule has 0 bridgehead atoms. The number of azo groups is 1. The zero-order valence-electron chi connectivity index (χ0n) is 9.66. The normalized spacial score (nSPS) is 12.4. The Morgan fingerprint density at radius 3 is 2.59 bits per heavy atom. The van der Waals surface area contributed by atoms with Gasteiger partial charge in [-0.05, 0) is 26.0 Å². The third-order valence-corrected chi connectivity index (χ3v) is 1.85. The Kier molecular flexibility index (Phi) is 4.93. The number of carbonyl (C=O) groups is 2. The predicted octanol–water partition coefficient (Wildman–Crippen LogP) is 1.69. The van der Waals surface area contributed by atoms with Crippen molar-refractivity contribution >= 4 is 17.4 Å². The number of carbonyl (C=O) groups excluding carboxylic acids is 2. The summed E-state index contributed by atoms with van der Waals surface area (Å²) in [5.41, 5.74) is 0.524. The van der Waals surface area contributed by atoms with Crippen molar-refractivity contribution in [1.29, 1.82) is 0 Å². The quantitative estimate of drug-likeness (QED) is 0.441. The minimum atomic E-state index is -1.19. The molecule has 0 spiro atoms. The highest BCUT2D eigenvalue weighted by Crippen LogP contribution is 2.11. The molecule has 0 amide bonds. The molecule has 6 nitrogen and oxygen atoms in total. The van der Waals surface area contributed by atoms with Gasteiger partial charge in [-0.3, -0.25) is 9.78 Å². The molecule has 1 aromatic rings. The summed E-state index contributed by atoms with van der Waals surface area (Å²) in [6.07, 6.45) is 3.09. The molecule has 0 saturated heterocycles. The zero-order valence-corrected chi connectivity index (χ0v) is 9.66. The van der Waals surface area contributed by atoms with Gasteiger partial charge in [-0.25, -0.2) is 4.79 Å². The topological polar surface area (TPSA) is 81.0 Å². The molecule has 0 fully saturated rings. The van der Waals surface area contributed by atoms with Crippen LogP contribution in [0.15, 0.2) is 34.8 Å². The van der Waals surface area contributed by atoms with Gasteiger partial charge in [-0.15, -0.1) is 0 Å². The fraction of sp³-hybridized carbons (Fsp3) is 0.364. The maximum absolute atomic E-state index is 11.4. The second-order valence-electron chi connectivity index (χ2n) is 3.19. The van der Waals surface area contributed by atoms with Gasteiger partial charge < -0.3 is 4.74 Å². The van der Waals surface area contributed by atoms with Crippen LogP contribution in [0.25, 0.3) is 0 Å². The van der Waals surface area contributed by atoms with Gasteiger partial charge in [0.2, 0.25) is 6.04 Å². The summed E-state index contributed by atoms with van der Waals surface area (Å²) in [6, 6.07) is 2.04. The van der Waals surface area contributed by atoms with Gasteiger partial charge in [0.15, 0.2) is 5.78 Å². The second-order valence-corrected chi connectivity index (χ2v) is 3.19. The maximum Gasteiger partial charge on any atom is 0.340 e. The number of hydrogen-bond donors (Lipinski definition) is 0. The maximum atomic E-state index is 11.4. The number of Topliss-reactive ketones (excluding diaryl/α,β-unsaturated/α-hetero) is 1. The summed E-state index contributed by atoms with van der Waals surface area (Å²) in [5, 5.41) is 7.48. The van der Waals surface area contributed by atoms with Crippen LogP contribution in [-0.4, -0.2) is 29.4 Å². The van der Waals surface area contributed by atoms with Gasteiger partial charge in [-0.1, -0.05) is 0 Å². The molecule has 6 heteroatoms. The Hall–Kier alpha value is -2.11. The van der Waals surface area contributed by atoms with E-state index in [9.17, 15) is 9.59 Å². The smallest absolute Gasteiger partial charge is 0.340 e. The van der Waals surface area contributed by atoms with Gasteiger partial charge in [-0.2, -0.15) is 10.2 Å². The lowest BCUT2D eigenvalue weighted by Crippen LogP contribution is -2.28. The van der Waals surface area contributed by atoms with Crippen LogP contribution in [0.4, 0.5) is 5.69 Å². The predicted molar refractivity (Wildman–Crippen MR) is 59.9 cm³/mol. The first-order valence-electron chi connectivity index (χ1n) is 5.13. The Bertz CT molecular complexity index is 417. The van der Waals surface area contributed by atoms with Gasteiger partial charge in [0, 0.05) is 12.4 Å². The number of pyridine rings is 1. The summed E-state index contributed by atoms with van der Waals surface area (Å²) in [4.78, 5) is 26.4. The molecular weight excluding hydrogens is 222 g/mol. The van der Waals surface area contributed by atoms with Crippen molar-refractivity contribution in [2.45, 2.75) is 19.9 Å². The van der Waals surface area contributed by atoms with E-state index in [1.165, 1.54) is 6.92 Å². The number of rotatable bonds is 5. The lowest BCUT2D eigenvalue weighted by Gasteiger charge is -2.06. The molecule has 1 rings (SSSR count). The number of nitrogens with zero attached hydrogens (tertiary/aromatic N) is 3. The van der Waals surface area contributed by atoms with Crippen molar-refractivity contribution in [1.82, 2.24) is 4.98 Å². The standard InChI is InChI=1S/C11H13N3O3/c1-3-17-11(16)10(8(2)15)14-13-9-4-6-12-7-5-9/h4-7,10H,3H2,1-2H3. The minimum absolute atomic E-state index is 0.202. The third-order valence-electron chi connectivity index (χ3n) is 1.85. The van der Waals surface area contributed by atoms with Gasteiger partial charge in [0.1, 0.15) is 0 Å². The van der Waals surface area contributed by atoms with Gasteiger partial charge >= 0.3 is 5.97 Å². The summed E-state index contributed by atoms with van der Waals surface area (Å²) in [7, 11) is 0. The number of aromatic nitrogens is 1. The first-order valence-corrected chi connectivity index (χ1v) is 5.13. The fourth-order valence-corrected chi connectivity index (χ4v) is 1.05. The number of ether oxygens (including phenoxy) is 1. The van der Waals surface area contributed by atoms with Crippen LogP contribution in [0.2, 0.25) is 0 Å². The average molecular weight is 235 g/mol. The molecular formula is C11H13N3O3. The summed E-state index contributed by atoms with van der Waals surface area (Å²) < 4.78 is 4.73. The van der Waals surface area contributed by atoms with E-state index in [4.69, 9.17) is 4.74 Å². The van der Waals surface area contributed by atoms with Crippen molar-refractivity contribution in [3.63, 3.8) is 0 Å². The van der Waals surface area contributed by atoms with Crippen molar-refractivity contribution in [3.8, 4) is 0 Å². The molecule has 0 N–H and O–H groups in total. The van der Waals surface area contributed by atoms with E-state index >= 15 is 0 Å². The Balaban J connectivity index is 2.77. The van der Waals surface area contributed by atoms with E-state index in [1.807, 2.05) is 0 Å². The van der Waals surface area contributed by atoms with Crippen LogP contribution >= 0.6 is 0 Å². The van der Waals surface area contributed by atoms with Gasteiger partial charge in [0.25, 0.3) is 0 Å². The van der Waals surface area contributed by atoms with E-state index in [1.54, 1.807) is 31.5 Å². The highest BCUT2D eigenvalue weighted by Gasteiger charge is 2.24. The molecule has 1 heterocycles. The first-order chi connectivity index (χ1) is 8.15. The van der Waals surface area contributed by atoms with Crippen molar-refractivity contribution in [2.24, 2.45) is 10.2 Å². The highest BCUT2D eigenvalue weighted by atomic mass is 16.5. The monoisotopic (exact) mass is 235 g/mol. The molecule has 90 valence electrons. The lowest BCUT2D eigenvalue weighted by molar-refractivity contribution is -0.147. The summed E-state index contributed by atoms with van der Waals surface area (Å²) >= 11 is 0.